The van der Waals surface area contributed by atoms with Gasteiger partial charge in [0.05, 0.1) is 12.8 Å². The number of piperidine rings is 1. The summed E-state index contributed by atoms with van der Waals surface area (Å²) in [4.78, 5) is 6.51. The largest absolute Gasteiger partial charge is 0.494 e. The monoisotopic (exact) mass is 315 g/mol. The third kappa shape index (κ3) is 4.20. The quantitative estimate of drug-likeness (QED) is 0.918. The van der Waals surface area contributed by atoms with Gasteiger partial charge in [-0.25, -0.2) is 4.39 Å². The second-order valence-electron chi connectivity index (χ2n) is 5.89. The first kappa shape index (κ1) is 15.7. The van der Waals surface area contributed by atoms with Crippen molar-refractivity contribution in [2.75, 3.05) is 25.5 Å². The molecule has 0 bridgehead atoms. The van der Waals surface area contributed by atoms with Gasteiger partial charge in [-0.15, -0.1) is 0 Å². The molecule has 1 fully saturated rings. The zero-order valence-corrected chi connectivity index (χ0v) is 13.3. The maximum absolute atomic E-state index is 13.3. The van der Waals surface area contributed by atoms with E-state index in [2.05, 4.69) is 27.3 Å². The van der Waals surface area contributed by atoms with Crippen molar-refractivity contribution in [3.63, 3.8) is 0 Å². The van der Waals surface area contributed by atoms with Crippen molar-refractivity contribution in [2.45, 2.75) is 25.4 Å². The summed E-state index contributed by atoms with van der Waals surface area (Å²) in [7, 11) is 1.57. The highest BCUT2D eigenvalue weighted by molar-refractivity contribution is 5.57. The van der Waals surface area contributed by atoms with Gasteiger partial charge in [0.15, 0.2) is 0 Å². The van der Waals surface area contributed by atoms with Gasteiger partial charge in [-0.1, -0.05) is 0 Å². The standard InChI is InChI=1S/C18H22FN3O/c1-23-18-12-15(19)2-3-17(18)21-16-6-10-22(11-7-16)13-14-4-8-20-9-5-14/h2-5,8-9,12,16,21H,6-7,10-11,13H2,1H3. The van der Waals surface area contributed by atoms with Crippen molar-refractivity contribution in [1.29, 1.82) is 0 Å². The predicted molar refractivity (Wildman–Crippen MR) is 89.1 cm³/mol. The van der Waals surface area contributed by atoms with Gasteiger partial charge in [-0.2, -0.15) is 0 Å². The number of ether oxygens (including phenoxy) is 1. The molecule has 1 saturated heterocycles. The summed E-state index contributed by atoms with van der Waals surface area (Å²) in [6.45, 7) is 3.06. The molecule has 5 heteroatoms. The van der Waals surface area contributed by atoms with Crippen LogP contribution >= 0.6 is 0 Å². The number of pyridine rings is 1. The van der Waals surface area contributed by atoms with E-state index in [-0.39, 0.29) is 5.82 Å². The molecule has 1 N–H and O–H groups in total. The van der Waals surface area contributed by atoms with Crippen LogP contribution < -0.4 is 10.1 Å². The number of nitrogens with zero attached hydrogens (tertiary/aromatic N) is 2. The van der Waals surface area contributed by atoms with E-state index >= 15 is 0 Å². The first-order valence-electron chi connectivity index (χ1n) is 7.96. The molecule has 0 saturated carbocycles. The summed E-state index contributed by atoms with van der Waals surface area (Å²) in [5.41, 5.74) is 2.16. The molecule has 1 aliphatic rings. The first-order valence-corrected chi connectivity index (χ1v) is 7.96. The second kappa shape index (κ2) is 7.42. The van der Waals surface area contributed by atoms with Gasteiger partial charge < -0.3 is 10.1 Å². The number of hydrogen-bond acceptors (Lipinski definition) is 4. The van der Waals surface area contributed by atoms with E-state index in [9.17, 15) is 4.39 Å². The molecule has 2 heterocycles. The Bertz CT molecular complexity index is 627. The van der Waals surface area contributed by atoms with Crippen LogP contribution in [0.25, 0.3) is 0 Å². The Morgan fingerprint density at radius 1 is 1.22 bits per heavy atom. The van der Waals surface area contributed by atoms with Crippen LogP contribution in [0.1, 0.15) is 18.4 Å². The minimum Gasteiger partial charge on any atom is -0.494 e. The van der Waals surface area contributed by atoms with Crippen LogP contribution in [0.4, 0.5) is 10.1 Å². The lowest BCUT2D eigenvalue weighted by molar-refractivity contribution is 0.211. The molecule has 3 rings (SSSR count). The van der Waals surface area contributed by atoms with E-state index in [0.717, 1.165) is 38.2 Å². The summed E-state index contributed by atoms with van der Waals surface area (Å²) >= 11 is 0. The number of hydrogen-bond donors (Lipinski definition) is 1. The number of nitrogens with one attached hydrogen (secondary N) is 1. The molecule has 0 spiro atoms. The topological polar surface area (TPSA) is 37.4 Å². The molecule has 23 heavy (non-hydrogen) atoms. The van der Waals surface area contributed by atoms with Crippen LogP contribution in [0.3, 0.4) is 0 Å². The second-order valence-corrected chi connectivity index (χ2v) is 5.89. The minimum absolute atomic E-state index is 0.278. The van der Waals surface area contributed by atoms with Gasteiger partial charge in [0.25, 0.3) is 0 Å². The lowest BCUT2D eigenvalue weighted by atomic mass is 10.0. The summed E-state index contributed by atoms with van der Waals surface area (Å²) in [5, 5.41) is 3.48. The molecular formula is C18H22FN3O. The molecule has 2 aromatic rings. The van der Waals surface area contributed by atoms with Gasteiger partial charge in [0, 0.05) is 44.1 Å². The molecule has 1 aromatic carbocycles. The molecular weight excluding hydrogens is 293 g/mol. The summed E-state index contributed by atoms with van der Waals surface area (Å²) in [6, 6.07) is 9.14. The zero-order chi connectivity index (χ0) is 16.1. The summed E-state index contributed by atoms with van der Waals surface area (Å²) in [5.74, 6) is 0.281. The molecule has 0 unspecified atom stereocenters. The number of methoxy groups -OCH3 is 1. The fourth-order valence-corrected chi connectivity index (χ4v) is 2.99. The number of likely N-dealkylation sites (tertiary alicyclic amines) is 1. The van der Waals surface area contributed by atoms with E-state index in [1.807, 2.05) is 12.4 Å². The Balaban J connectivity index is 1.53. The Hall–Kier alpha value is -2.14. The first-order chi connectivity index (χ1) is 11.2. The average Bonchev–Trinajstić information content (AvgIpc) is 2.59. The predicted octanol–water partition coefficient (Wildman–Crippen LogP) is 3.31. The molecule has 4 nitrogen and oxygen atoms in total. The highest BCUT2D eigenvalue weighted by Crippen LogP contribution is 2.27. The fraction of sp³-hybridized carbons (Fsp3) is 0.389. The average molecular weight is 315 g/mol. The van der Waals surface area contributed by atoms with Crippen molar-refractivity contribution in [2.24, 2.45) is 0 Å². The molecule has 0 aliphatic carbocycles. The maximum Gasteiger partial charge on any atom is 0.144 e. The van der Waals surface area contributed by atoms with E-state index in [1.165, 1.54) is 17.7 Å². The fourth-order valence-electron chi connectivity index (χ4n) is 2.99. The molecule has 1 aromatic heterocycles. The van der Waals surface area contributed by atoms with Gasteiger partial charge in [-0.05, 0) is 42.7 Å². The van der Waals surface area contributed by atoms with Gasteiger partial charge >= 0.3 is 0 Å². The normalized spacial score (nSPS) is 16.3. The minimum atomic E-state index is -0.278. The van der Waals surface area contributed by atoms with Gasteiger partial charge in [0.2, 0.25) is 0 Å². The van der Waals surface area contributed by atoms with Crippen LogP contribution in [0.2, 0.25) is 0 Å². The number of aromatic nitrogens is 1. The molecule has 122 valence electrons. The zero-order valence-electron chi connectivity index (χ0n) is 13.3. The van der Waals surface area contributed by atoms with E-state index in [1.54, 1.807) is 13.2 Å². The summed E-state index contributed by atoms with van der Waals surface area (Å²) < 4.78 is 18.5. The third-order valence-electron chi connectivity index (χ3n) is 4.27. The van der Waals surface area contributed by atoms with E-state index in [0.29, 0.717) is 11.8 Å². The molecule has 0 atom stereocenters. The molecule has 0 amide bonds. The Kier molecular flexibility index (Phi) is 5.08. The SMILES string of the molecule is COc1cc(F)ccc1NC1CCN(Cc2ccncc2)CC1. The highest BCUT2D eigenvalue weighted by atomic mass is 19.1. The number of benzene rings is 1. The Morgan fingerprint density at radius 3 is 2.65 bits per heavy atom. The highest BCUT2D eigenvalue weighted by Gasteiger charge is 2.20. The maximum atomic E-state index is 13.3. The van der Waals surface area contributed by atoms with E-state index in [4.69, 9.17) is 4.74 Å². The smallest absolute Gasteiger partial charge is 0.144 e. The molecule has 1 aliphatic heterocycles. The van der Waals surface area contributed by atoms with Gasteiger partial charge in [0.1, 0.15) is 11.6 Å². The third-order valence-corrected chi connectivity index (χ3v) is 4.27. The van der Waals surface area contributed by atoms with Crippen molar-refractivity contribution >= 4 is 5.69 Å². The van der Waals surface area contributed by atoms with Crippen molar-refractivity contribution in [1.82, 2.24) is 9.88 Å². The van der Waals surface area contributed by atoms with Crippen molar-refractivity contribution < 1.29 is 9.13 Å². The van der Waals surface area contributed by atoms with Crippen LogP contribution in [-0.4, -0.2) is 36.1 Å². The van der Waals surface area contributed by atoms with E-state index < -0.39 is 0 Å². The van der Waals surface area contributed by atoms with Crippen molar-refractivity contribution in [3.8, 4) is 5.75 Å². The molecule has 0 radical (unpaired) electrons. The van der Waals surface area contributed by atoms with Crippen LogP contribution in [0.5, 0.6) is 5.75 Å². The van der Waals surface area contributed by atoms with Crippen molar-refractivity contribution in [3.05, 3.63) is 54.1 Å². The van der Waals surface area contributed by atoms with Crippen LogP contribution in [-0.2, 0) is 6.54 Å². The Morgan fingerprint density at radius 2 is 1.96 bits per heavy atom. The lowest BCUT2D eigenvalue weighted by Crippen LogP contribution is -2.38. The summed E-state index contributed by atoms with van der Waals surface area (Å²) in [6.07, 6.45) is 5.80. The lowest BCUT2D eigenvalue weighted by Gasteiger charge is -2.33. The Labute approximate surface area is 136 Å². The number of halogens is 1. The number of anilines is 1. The van der Waals surface area contributed by atoms with Gasteiger partial charge in [-0.3, -0.25) is 9.88 Å². The van der Waals surface area contributed by atoms with Crippen LogP contribution in [0, 0.1) is 5.82 Å². The number of rotatable bonds is 5. The van der Waals surface area contributed by atoms with Crippen LogP contribution in [0.15, 0.2) is 42.7 Å².